The first-order valence-electron chi connectivity index (χ1n) is 6.54. The number of anilines is 1. The molecule has 0 amide bonds. The van der Waals surface area contributed by atoms with Crippen molar-refractivity contribution in [3.8, 4) is 0 Å². The molecule has 0 N–H and O–H groups in total. The molecule has 2 rings (SSSR count). The van der Waals surface area contributed by atoms with E-state index < -0.39 is 15.2 Å². The van der Waals surface area contributed by atoms with Crippen LogP contribution >= 0.6 is 23.4 Å². The van der Waals surface area contributed by atoms with Crippen LogP contribution in [-0.4, -0.2) is 43.1 Å². The highest BCUT2D eigenvalue weighted by molar-refractivity contribution is 8.01. The van der Waals surface area contributed by atoms with Gasteiger partial charge in [0.05, 0.1) is 0 Å². The highest BCUT2D eigenvalue weighted by Crippen LogP contribution is 2.27. The predicted molar refractivity (Wildman–Crippen MR) is 86.5 cm³/mol. The first-order valence-corrected chi connectivity index (χ1v) is 10.2. The number of halogens is 1. The summed E-state index contributed by atoms with van der Waals surface area (Å²) in [6.45, 7) is 2.73. The van der Waals surface area contributed by atoms with Crippen LogP contribution < -0.4 is 4.90 Å². The molecular formula is C13H19ClN2O2S2. The lowest BCUT2D eigenvalue weighted by atomic mass is 10.2. The Bertz CT molecular complexity index is 555. The number of hydrogen-bond acceptors (Lipinski definition) is 5. The van der Waals surface area contributed by atoms with Gasteiger partial charge in [0.2, 0.25) is 0 Å². The third kappa shape index (κ3) is 3.59. The summed E-state index contributed by atoms with van der Waals surface area (Å²) in [4.78, 5) is 6.48. The Hall–Kier alpha value is -0.460. The topological polar surface area (TPSA) is 50.3 Å². The fourth-order valence-electron chi connectivity index (χ4n) is 2.24. The molecule has 0 radical (unpaired) electrons. The molecule has 1 saturated heterocycles. The van der Waals surface area contributed by atoms with Crippen molar-refractivity contribution in [2.75, 3.05) is 29.2 Å². The number of pyridine rings is 1. The Morgan fingerprint density at radius 3 is 2.85 bits per heavy atom. The zero-order valence-corrected chi connectivity index (χ0v) is 14.1. The lowest BCUT2D eigenvalue weighted by Gasteiger charge is -2.35. The predicted octanol–water partition coefficient (Wildman–Crippen LogP) is 2.31. The molecule has 1 aliphatic heterocycles. The minimum atomic E-state index is -3.13. The number of rotatable bonds is 4. The molecule has 1 aliphatic rings. The van der Waals surface area contributed by atoms with Gasteiger partial charge in [-0.15, -0.1) is 11.6 Å². The van der Waals surface area contributed by atoms with Crippen LogP contribution in [0.25, 0.3) is 0 Å². The Balaban J connectivity index is 2.41. The summed E-state index contributed by atoms with van der Waals surface area (Å²) in [6.07, 6.45) is 2.10. The summed E-state index contributed by atoms with van der Waals surface area (Å²) in [5.74, 6) is 2.65. The van der Waals surface area contributed by atoms with E-state index in [1.807, 2.05) is 24.0 Å². The molecule has 4 nitrogen and oxygen atoms in total. The highest BCUT2D eigenvalue weighted by atomic mass is 35.5. The highest BCUT2D eigenvalue weighted by Gasteiger charge is 2.32. The largest absolute Gasteiger partial charge is 0.338 e. The number of sulfone groups is 1. The Morgan fingerprint density at radius 1 is 1.50 bits per heavy atom. The van der Waals surface area contributed by atoms with Gasteiger partial charge in [-0.05, 0) is 24.1 Å². The van der Waals surface area contributed by atoms with Crippen LogP contribution in [0.1, 0.15) is 18.2 Å². The van der Waals surface area contributed by atoms with E-state index in [0.29, 0.717) is 18.2 Å². The van der Waals surface area contributed by atoms with Crippen molar-refractivity contribution in [3.05, 3.63) is 23.4 Å². The maximum Gasteiger partial charge on any atom is 0.169 e. The van der Waals surface area contributed by atoms with Crippen molar-refractivity contribution in [2.45, 2.75) is 24.6 Å². The standard InChI is InChI=1S/C13H19ClN2O2S2/c1-3-11-6-10(8-14)7-12(15-11)16-4-5-19-9-13(16)20(2,17)18/h6-7,13H,3-5,8-9H2,1-2H3. The fraction of sp³-hybridized carbons (Fsp3) is 0.615. The molecule has 1 fully saturated rings. The number of hydrogen-bond donors (Lipinski definition) is 0. The number of aromatic nitrogens is 1. The lowest BCUT2D eigenvalue weighted by molar-refractivity contribution is 0.583. The van der Waals surface area contributed by atoms with Gasteiger partial charge in [0.25, 0.3) is 0 Å². The molecular weight excluding hydrogens is 316 g/mol. The second-order valence-corrected chi connectivity index (χ2v) is 8.48. The first-order chi connectivity index (χ1) is 9.45. The van der Waals surface area contributed by atoms with Crippen LogP contribution in [-0.2, 0) is 22.1 Å². The minimum Gasteiger partial charge on any atom is -0.338 e. The SMILES string of the molecule is CCc1cc(CCl)cc(N2CCSCC2S(C)(=O)=O)n1. The van der Waals surface area contributed by atoms with Gasteiger partial charge < -0.3 is 4.90 Å². The van der Waals surface area contributed by atoms with E-state index in [9.17, 15) is 8.42 Å². The van der Waals surface area contributed by atoms with Crippen molar-refractivity contribution < 1.29 is 8.42 Å². The molecule has 0 bridgehead atoms. The number of alkyl halides is 1. The van der Waals surface area contributed by atoms with Crippen LogP contribution in [0.3, 0.4) is 0 Å². The van der Waals surface area contributed by atoms with Crippen molar-refractivity contribution >= 4 is 39.0 Å². The Kier molecular flexibility index (Phi) is 5.20. The van der Waals surface area contributed by atoms with Gasteiger partial charge in [-0.25, -0.2) is 13.4 Å². The van der Waals surface area contributed by atoms with Gasteiger partial charge in [0, 0.05) is 35.9 Å². The average Bonchev–Trinajstić information content (AvgIpc) is 2.45. The third-order valence-corrected chi connectivity index (χ3v) is 6.27. The average molecular weight is 335 g/mol. The third-order valence-electron chi connectivity index (χ3n) is 3.31. The smallest absolute Gasteiger partial charge is 0.169 e. The molecule has 2 heterocycles. The zero-order valence-electron chi connectivity index (χ0n) is 11.7. The fourth-order valence-corrected chi connectivity index (χ4v) is 5.22. The zero-order chi connectivity index (χ0) is 14.8. The van der Waals surface area contributed by atoms with Crippen molar-refractivity contribution in [3.63, 3.8) is 0 Å². The summed E-state index contributed by atoms with van der Waals surface area (Å²) < 4.78 is 23.9. The monoisotopic (exact) mass is 334 g/mol. The van der Waals surface area contributed by atoms with E-state index in [2.05, 4.69) is 4.98 Å². The van der Waals surface area contributed by atoms with E-state index in [1.165, 1.54) is 6.26 Å². The normalized spacial score (nSPS) is 20.1. The van der Waals surface area contributed by atoms with Gasteiger partial charge in [-0.3, -0.25) is 0 Å². The minimum absolute atomic E-state index is 0.411. The van der Waals surface area contributed by atoms with Gasteiger partial charge in [-0.1, -0.05) is 6.92 Å². The summed E-state index contributed by atoms with van der Waals surface area (Å²) in [7, 11) is -3.13. The summed E-state index contributed by atoms with van der Waals surface area (Å²) >= 11 is 7.60. The second kappa shape index (κ2) is 6.54. The van der Waals surface area contributed by atoms with Gasteiger partial charge >= 0.3 is 0 Å². The molecule has 1 aromatic heterocycles. The van der Waals surface area contributed by atoms with E-state index in [0.717, 1.165) is 29.2 Å². The Morgan fingerprint density at radius 2 is 2.25 bits per heavy atom. The molecule has 0 aromatic carbocycles. The molecule has 0 saturated carbocycles. The molecule has 7 heteroatoms. The second-order valence-electron chi connectivity index (χ2n) is 4.86. The number of nitrogens with zero attached hydrogens (tertiary/aromatic N) is 2. The first kappa shape index (κ1) is 15.9. The number of thioether (sulfide) groups is 1. The van der Waals surface area contributed by atoms with E-state index in [1.54, 1.807) is 11.8 Å². The van der Waals surface area contributed by atoms with Crippen molar-refractivity contribution in [2.24, 2.45) is 0 Å². The maximum atomic E-state index is 12.0. The van der Waals surface area contributed by atoms with E-state index in [4.69, 9.17) is 11.6 Å². The summed E-state index contributed by atoms with van der Waals surface area (Å²) in [6, 6.07) is 3.88. The van der Waals surface area contributed by atoms with Crippen molar-refractivity contribution in [1.82, 2.24) is 4.98 Å². The number of aryl methyl sites for hydroxylation is 1. The van der Waals surface area contributed by atoms with Crippen LogP contribution in [0.5, 0.6) is 0 Å². The molecule has 1 atom stereocenters. The van der Waals surface area contributed by atoms with Crippen molar-refractivity contribution in [1.29, 1.82) is 0 Å². The molecule has 1 aromatic rings. The summed E-state index contributed by atoms with van der Waals surface area (Å²) in [5.41, 5.74) is 1.93. The molecule has 112 valence electrons. The van der Waals surface area contributed by atoms with Crippen LogP contribution in [0.4, 0.5) is 5.82 Å². The molecule has 0 aliphatic carbocycles. The van der Waals surface area contributed by atoms with Gasteiger partial charge in [0.1, 0.15) is 11.2 Å². The quantitative estimate of drug-likeness (QED) is 0.791. The molecule has 20 heavy (non-hydrogen) atoms. The van der Waals surface area contributed by atoms with E-state index >= 15 is 0 Å². The van der Waals surface area contributed by atoms with Crippen LogP contribution in [0, 0.1) is 0 Å². The van der Waals surface area contributed by atoms with Crippen LogP contribution in [0.15, 0.2) is 12.1 Å². The molecule has 0 spiro atoms. The summed E-state index contributed by atoms with van der Waals surface area (Å²) in [5, 5.41) is -0.496. The lowest BCUT2D eigenvalue weighted by Crippen LogP contribution is -2.47. The molecule has 1 unspecified atom stereocenters. The van der Waals surface area contributed by atoms with Crippen LogP contribution in [0.2, 0.25) is 0 Å². The maximum absolute atomic E-state index is 12.0. The Labute approximate surface area is 129 Å². The van der Waals surface area contributed by atoms with E-state index in [-0.39, 0.29) is 0 Å². The van der Waals surface area contributed by atoms with Gasteiger partial charge in [-0.2, -0.15) is 11.8 Å². The van der Waals surface area contributed by atoms with Gasteiger partial charge in [0.15, 0.2) is 9.84 Å².